The number of halogens is 1. The number of hydrogen-bond acceptors (Lipinski definition) is 8. The molecule has 0 aromatic carbocycles. The van der Waals surface area contributed by atoms with Gasteiger partial charge in [-0.05, 0) is 117 Å². The Kier molecular flexibility index (Phi) is 7.62. The number of rotatable bonds is 13. The SMILES string of the molecule is CC1(C)CCC(CCCNc2cccc(S(=O)(=O)NC(=O)c3ccc(-n4ccc(OCCC5C6(CC6)C56CC6)n4)nc3Cl)n2)C1. The average Bonchev–Trinajstić information content (AvgIpc) is 3.95. The van der Waals surface area contributed by atoms with Crippen molar-refractivity contribution in [3.8, 4) is 11.7 Å². The minimum absolute atomic E-state index is 0.0792. The van der Waals surface area contributed by atoms with Crippen LogP contribution in [0.4, 0.5) is 5.82 Å². The van der Waals surface area contributed by atoms with Gasteiger partial charge in [0.15, 0.2) is 10.8 Å². The molecule has 4 aliphatic rings. The molecule has 12 heteroatoms. The summed E-state index contributed by atoms with van der Waals surface area (Å²) in [6.07, 6.45) is 14.2. The van der Waals surface area contributed by atoms with E-state index in [1.54, 1.807) is 30.5 Å². The Morgan fingerprint density at radius 3 is 2.51 bits per heavy atom. The second-order valence-electron chi connectivity index (χ2n) is 14.2. The molecule has 3 aromatic heterocycles. The van der Waals surface area contributed by atoms with E-state index in [0.717, 1.165) is 31.1 Å². The average molecular weight is 653 g/mol. The van der Waals surface area contributed by atoms with Crippen molar-refractivity contribution < 1.29 is 17.9 Å². The zero-order valence-electron chi connectivity index (χ0n) is 25.9. The maximum Gasteiger partial charge on any atom is 0.281 e. The standard InChI is InChI=1S/C33H41ClN6O4S/c1-31(2)13-10-22(21-31)5-4-18-35-25-6-3-7-28(36-25)45(42,43)39-30(41)23-8-9-26(37-29(23)34)40-19-11-27(38-40)44-20-12-24-32(14-15-32)33(24)16-17-33/h3,6-9,11,19,22,24H,4-5,10,12-18,20-21H2,1-2H3,(H,35,36)(H,39,41). The zero-order chi connectivity index (χ0) is 31.5. The number of ether oxygens (including phenoxy) is 1. The Morgan fingerprint density at radius 1 is 1.04 bits per heavy atom. The van der Waals surface area contributed by atoms with Gasteiger partial charge in [0.25, 0.3) is 15.9 Å². The Hall–Kier alpha value is -3.18. The van der Waals surface area contributed by atoms with Gasteiger partial charge in [0, 0.05) is 18.8 Å². The fourth-order valence-corrected chi connectivity index (χ4v) is 9.37. The lowest BCUT2D eigenvalue weighted by molar-refractivity contribution is 0.0981. The zero-order valence-corrected chi connectivity index (χ0v) is 27.5. The first-order chi connectivity index (χ1) is 21.5. The molecule has 4 fully saturated rings. The first-order valence-corrected chi connectivity index (χ1v) is 18.0. The summed E-state index contributed by atoms with van der Waals surface area (Å²) < 4.78 is 35.6. The number of aromatic nitrogens is 4. The van der Waals surface area contributed by atoms with Crippen molar-refractivity contribution in [2.24, 2.45) is 28.1 Å². The normalized spacial score (nSPS) is 22.0. The number of nitrogens with zero attached hydrogens (tertiary/aromatic N) is 4. The molecular formula is C33H41ClN6O4S. The van der Waals surface area contributed by atoms with Crippen LogP contribution in [0.2, 0.25) is 5.15 Å². The molecule has 0 saturated heterocycles. The van der Waals surface area contributed by atoms with E-state index in [-0.39, 0.29) is 15.7 Å². The van der Waals surface area contributed by atoms with E-state index in [9.17, 15) is 13.2 Å². The van der Waals surface area contributed by atoms with Crippen molar-refractivity contribution in [3.63, 3.8) is 0 Å². The molecular weight excluding hydrogens is 612 g/mol. The van der Waals surface area contributed by atoms with Crippen molar-refractivity contribution >= 4 is 33.3 Å². The summed E-state index contributed by atoms with van der Waals surface area (Å²) in [4.78, 5) is 21.5. The van der Waals surface area contributed by atoms with Crippen LogP contribution >= 0.6 is 11.6 Å². The number of carbonyl (C=O) groups is 1. The van der Waals surface area contributed by atoms with E-state index in [1.807, 2.05) is 0 Å². The fourth-order valence-electron chi connectivity index (χ4n) is 8.20. The summed E-state index contributed by atoms with van der Waals surface area (Å²) in [6, 6.07) is 9.40. The van der Waals surface area contributed by atoms with Gasteiger partial charge in [-0.1, -0.05) is 31.5 Å². The third kappa shape index (κ3) is 6.05. The molecule has 1 unspecified atom stereocenters. The molecule has 0 bridgehead atoms. The van der Waals surface area contributed by atoms with Crippen LogP contribution in [0.5, 0.6) is 5.88 Å². The minimum atomic E-state index is -4.25. The first-order valence-electron chi connectivity index (χ1n) is 16.1. The number of sulfonamides is 1. The molecule has 4 saturated carbocycles. The predicted molar refractivity (Wildman–Crippen MR) is 171 cm³/mol. The van der Waals surface area contributed by atoms with E-state index in [2.05, 4.69) is 39.0 Å². The second kappa shape index (κ2) is 11.3. The summed E-state index contributed by atoms with van der Waals surface area (Å²) >= 11 is 6.34. The molecule has 3 heterocycles. The summed E-state index contributed by atoms with van der Waals surface area (Å²) in [7, 11) is -4.25. The molecule has 2 spiro atoms. The van der Waals surface area contributed by atoms with E-state index in [4.69, 9.17) is 16.3 Å². The van der Waals surface area contributed by atoms with Gasteiger partial charge in [-0.3, -0.25) is 4.79 Å². The molecule has 0 radical (unpaired) electrons. The summed E-state index contributed by atoms with van der Waals surface area (Å²) in [5.74, 6) is 1.97. The van der Waals surface area contributed by atoms with Gasteiger partial charge in [-0.15, -0.1) is 5.10 Å². The third-order valence-electron chi connectivity index (χ3n) is 10.7. The summed E-state index contributed by atoms with van der Waals surface area (Å²) in [6.45, 7) is 5.98. The van der Waals surface area contributed by atoms with Crippen molar-refractivity contribution in [2.45, 2.75) is 83.1 Å². The topological polar surface area (TPSA) is 128 Å². The van der Waals surface area contributed by atoms with Crippen molar-refractivity contribution in [3.05, 3.63) is 53.3 Å². The maximum absolute atomic E-state index is 13.0. The van der Waals surface area contributed by atoms with Gasteiger partial charge in [0.1, 0.15) is 11.0 Å². The molecule has 1 atom stereocenters. The smallest absolute Gasteiger partial charge is 0.281 e. The van der Waals surface area contributed by atoms with Gasteiger partial charge in [0.2, 0.25) is 5.88 Å². The van der Waals surface area contributed by atoms with Crippen LogP contribution < -0.4 is 14.8 Å². The molecule has 10 nitrogen and oxygen atoms in total. The molecule has 3 aromatic rings. The van der Waals surface area contributed by atoms with Gasteiger partial charge in [-0.2, -0.15) is 8.42 Å². The molecule has 0 aliphatic heterocycles. The van der Waals surface area contributed by atoms with Crippen LogP contribution in [0.3, 0.4) is 0 Å². The Labute approximate surface area is 269 Å². The lowest BCUT2D eigenvalue weighted by Crippen LogP contribution is -2.31. The van der Waals surface area contributed by atoms with Gasteiger partial charge in [0.05, 0.1) is 12.2 Å². The maximum atomic E-state index is 13.0. The number of anilines is 1. The number of pyridine rings is 2. The number of carbonyl (C=O) groups excluding carboxylic acids is 1. The molecule has 240 valence electrons. The molecule has 2 N–H and O–H groups in total. The van der Waals surface area contributed by atoms with Crippen LogP contribution in [-0.2, 0) is 10.0 Å². The largest absolute Gasteiger partial charge is 0.477 e. The van der Waals surface area contributed by atoms with Gasteiger partial charge >= 0.3 is 0 Å². The monoisotopic (exact) mass is 652 g/mol. The third-order valence-corrected chi connectivity index (χ3v) is 12.3. The highest BCUT2D eigenvalue weighted by atomic mass is 35.5. The predicted octanol–water partition coefficient (Wildman–Crippen LogP) is 6.41. The van der Waals surface area contributed by atoms with Crippen molar-refractivity contribution in [1.82, 2.24) is 24.5 Å². The highest BCUT2D eigenvalue weighted by Gasteiger charge is 2.85. The van der Waals surface area contributed by atoms with Crippen LogP contribution in [0.25, 0.3) is 5.82 Å². The van der Waals surface area contributed by atoms with Crippen LogP contribution in [-0.4, -0.2) is 47.2 Å². The molecule has 7 rings (SSSR count). The van der Waals surface area contributed by atoms with Crippen LogP contribution in [0.1, 0.15) is 88.4 Å². The molecule has 1 amide bonds. The Morgan fingerprint density at radius 2 is 1.82 bits per heavy atom. The lowest BCUT2D eigenvalue weighted by Gasteiger charge is -2.17. The number of amides is 1. The van der Waals surface area contributed by atoms with Gasteiger partial charge < -0.3 is 10.1 Å². The lowest BCUT2D eigenvalue weighted by atomic mass is 9.89. The van der Waals surface area contributed by atoms with Gasteiger partial charge in [-0.25, -0.2) is 19.4 Å². The quantitative estimate of drug-likeness (QED) is 0.160. The Balaban J connectivity index is 0.911. The molecule has 45 heavy (non-hydrogen) atoms. The number of nitrogens with one attached hydrogen (secondary N) is 2. The highest BCUT2D eigenvalue weighted by Crippen LogP contribution is 2.93. The van der Waals surface area contributed by atoms with Crippen LogP contribution in [0.15, 0.2) is 47.6 Å². The minimum Gasteiger partial charge on any atom is -0.477 e. The summed E-state index contributed by atoms with van der Waals surface area (Å²) in [5.41, 5.74) is 1.67. The second-order valence-corrected chi connectivity index (χ2v) is 16.2. The fraction of sp³-hybridized carbons (Fsp3) is 0.576. The van der Waals surface area contributed by atoms with E-state index in [1.165, 1.54) is 61.8 Å². The van der Waals surface area contributed by atoms with E-state index >= 15 is 0 Å². The van der Waals surface area contributed by atoms with E-state index < -0.39 is 15.9 Å². The highest BCUT2D eigenvalue weighted by molar-refractivity contribution is 7.90. The van der Waals surface area contributed by atoms with Crippen molar-refractivity contribution in [2.75, 3.05) is 18.5 Å². The summed E-state index contributed by atoms with van der Waals surface area (Å²) in [5, 5.41) is 7.25. The van der Waals surface area contributed by atoms with E-state index in [0.29, 0.717) is 46.9 Å². The number of fused-ring (bicyclic) bond motifs is 1. The number of hydrogen-bond donors (Lipinski definition) is 2. The first kappa shape index (κ1) is 30.5. The Bertz CT molecular complexity index is 1700. The van der Waals surface area contributed by atoms with Crippen molar-refractivity contribution in [1.29, 1.82) is 0 Å². The van der Waals surface area contributed by atoms with Crippen LogP contribution in [0, 0.1) is 28.1 Å². The molecule has 4 aliphatic carbocycles.